The first-order chi connectivity index (χ1) is 28.2. The van der Waals surface area contributed by atoms with Gasteiger partial charge < -0.3 is 33.9 Å². The Labute approximate surface area is 334 Å². The third-order valence-electron chi connectivity index (χ3n) is 10.7. The number of ether oxygens (including phenoxy) is 2. The third-order valence-corrected chi connectivity index (χ3v) is 10.7. The van der Waals surface area contributed by atoms with Crippen LogP contribution < -0.4 is 9.64 Å². The van der Waals surface area contributed by atoms with E-state index in [0.717, 1.165) is 22.2 Å². The van der Waals surface area contributed by atoms with Gasteiger partial charge >= 0.3 is 6.09 Å². The average molecular weight is 782 g/mol. The summed E-state index contributed by atoms with van der Waals surface area (Å²) in [5.41, 5.74) is 5.68. The minimum Gasteiger partial charge on any atom is -0.508 e. The van der Waals surface area contributed by atoms with Gasteiger partial charge in [-0.3, -0.25) is 9.47 Å². The quantitative estimate of drug-likeness (QED) is 0.168. The summed E-state index contributed by atoms with van der Waals surface area (Å²) in [6, 6.07) is 22.4. The number of furan rings is 1. The van der Waals surface area contributed by atoms with E-state index in [-0.39, 0.29) is 17.4 Å². The van der Waals surface area contributed by atoms with Gasteiger partial charge in [0.05, 0.1) is 24.2 Å². The molecular weight excluding hydrogens is 739 g/mol. The summed E-state index contributed by atoms with van der Waals surface area (Å²) in [4.78, 5) is 33.8. The van der Waals surface area contributed by atoms with E-state index in [0.29, 0.717) is 116 Å². The van der Waals surface area contributed by atoms with Gasteiger partial charge in [0.1, 0.15) is 28.6 Å². The van der Waals surface area contributed by atoms with Crippen LogP contribution in [0.2, 0.25) is 0 Å². The summed E-state index contributed by atoms with van der Waals surface area (Å²) >= 11 is 0. The number of pyridine rings is 1. The highest BCUT2D eigenvalue weighted by Gasteiger charge is 2.26. The second-order valence-corrected chi connectivity index (χ2v) is 14.9. The highest BCUT2D eigenvalue weighted by Crippen LogP contribution is 2.39. The molecule has 1 amide bonds. The van der Waals surface area contributed by atoms with E-state index in [9.17, 15) is 15.0 Å². The molecule has 15 nitrogen and oxygen atoms in total. The number of nitrogens with zero attached hydrogens (tertiary/aromatic N) is 9. The standard InChI is InChI=1S/C43H43N9O6/c1-26(2)33-23-34(36(54)24-35(33)53)40-48-47-27(3)52(40)30-11-9-28(10-12-30)25-49-14-16-51(17-15-49)43(55)57-31-7-4-6-29(22-31)39-45-37-32-8-5-13-44-42(32)58-38(37)41(46-39)50-18-20-56-21-19-50/h4-13,22-24,26,53-54H,14-21,25H2,1-3H3. The molecule has 0 unspecified atom stereocenters. The molecule has 2 aliphatic rings. The van der Waals surface area contributed by atoms with Crippen LogP contribution in [0.3, 0.4) is 0 Å². The van der Waals surface area contributed by atoms with Gasteiger partial charge in [0.15, 0.2) is 23.0 Å². The molecular formula is C43H43N9O6. The number of piperazine rings is 1. The minimum absolute atomic E-state index is 0.0492. The molecule has 3 aromatic carbocycles. The molecule has 0 radical (unpaired) electrons. The maximum Gasteiger partial charge on any atom is 0.415 e. The van der Waals surface area contributed by atoms with Gasteiger partial charge in [-0.1, -0.05) is 38.1 Å². The highest BCUT2D eigenvalue weighted by atomic mass is 16.6. The largest absolute Gasteiger partial charge is 0.508 e. The van der Waals surface area contributed by atoms with Gasteiger partial charge in [-0.15, -0.1) is 10.2 Å². The monoisotopic (exact) mass is 781 g/mol. The lowest BCUT2D eigenvalue weighted by molar-refractivity contribution is 0.108. The molecule has 58 heavy (non-hydrogen) atoms. The molecule has 0 bridgehead atoms. The van der Waals surface area contributed by atoms with Crippen molar-refractivity contribution < 1.29 is 28.9 Å². The van der Waals surface area contributed by atoms with Crippen molar-refractivity contribution in [3.8, 4) is 45.7 Å². The second kappa shape index (κ2) is 15.4. The summed E-state index contributed by atoms with van der Waals surface area (Å²) in [6.07, 6.45) is 1.29. The molecule has 15 heteroatoms. The zero-order chi connectivity index (χ0) is 39.9. The Hall–Kier alpha value is -6.58. The minimum atomic E-state index is -0.404. The molecule has 296 valence electrons. The van der Waals surface area contributed by atoms with E-state index < -0.39 is 6.09 Å². The zero-order valence-corrected chi connectivity index (χ0v) is 32.5. The normalized spacial score (nSPS) is 15.2. The number of benzene rings is 3. The van der Waals surface area contributed by atoms with Crippen molar-refractivity contribution in [2.75, 3.05) is 57.4 Å². The fourth-order valence-electron chi connectivity index (χ4n) is 7.63. The first-order valence-electron chi connectivity index (χ1n) is 19.4. The number of aromatic nitrogens is 6. The topological polar surface area (TPSA) is 168 Å². The van der Waals surface area contributed by atoms with Crippen LogP contribution in [0.25, 0.3) is 50.7 Å². The number of anilines is 1. The van der Waals surface area contributed by atoms with Crippen molar-refractivity contribution in [2.24, 2.45) is 0 Å². The van der Waals surface area contributed by atoms with E-state index >= 15 is 0 Å². The molecule has 6 heterocycles. The lowest BCUT2D eigenvalue weighted by Crippen LogP contribution is -2.49. The molecule has 0 aliphatic carbocycles. The molecule has 2 aliphatic heterocycles. The van der Waals surface area contributed by atoms with Gasteiger partial charge in [-0.2, -0.15) is 0 Å². The Morgan fingerprint density at radius 3 is 2.45 bits per heavy atom. The van der Waals surface area contributed by atoms with Crippen LogP contribution in [0, 0.1) is 6.92 Å². The van der Waals surface area contributed by atoms with Crippen LogP contribution in [0.5, 0.6) is 17.2 Å². The number of rotatable bonds is 8. The number of aromatic hydroxyl groups is 2. The van der Waals surface area contributed by atoms with Crippen molar-refractivity contribution in [3.05, 3.63) is 95.9 Å². The summed E-state index contributed by atoms with van der Waals surface area (Å²) < 4.78 is 19.5. The average Bonchev–Trinajstić information content (AvgIpc) is 3.81. The molecule has 7 aromatic rings. The van der Waals surface area contributed by atoms with Gasteiger partial charge in [0, 0.05) is 69.3 Å². The Kier molecular flexibility index (Phi) is 9.83. The summed E-state index contributed by atoms with van der Waals surface area (Å²) in [7, 11) is 0. The SMILES string of the molecule is Cc1nnc(-c2cc(C(C)C)c(O)cc2O)n1-c1ccc(CN2CCN(C(=O)Oc3cccc(-c4nc(N5CCOCC5)c5oc6ncccc6c5n4)c3)CC2)cc1. The fraction of sp³-hybridized carbons (Fsp3) is 0.302. The number of amides is 1. The van der Waals surface area contributed by atoms with E-state index in [1.165, 1.54) is 6.07 Å². The Morgan fingerprint density at radius 2 is 1.67 bits per heavy atom. The van der Waals surface area contributed by atoms with Gasteiger partial charge in [0.2, 0.25) is 5.71 Å². The lowest BCUT2D eigenvalue weighted by Gasteiger charge is -2.34. The number of hydrogen-bond donors (Lipinski definition) is 2. The van der Waals surface area contributed by atoms with Crippen molar-refractivity contribution in [3.63, 3.8) is 0 Å². The van der Waals surface area contributed by atoms with E-state index in [2.05, 4.69) is 37.1 Å². The molecule has 2 N–H and O–H groups in total. The maximum absolute atomic E-state index is 13.4. The number of fused-ring (bicyclic) bond motifs is 3. The number of phenols is 2. The molecule has 0 atom stereocenters. The smallest absolute Gasteiger partial charge is 0.415 e. The van der Waals surface area contributed by atoms with Gasteiger partial charge in [-0.25, -0.2) is 19.7 Å². The van der Waals surface area contributed by atoms with Crippen molar-refractivity contribution in [1.82, 2.24) is 39.5 Å². The molecule has 0 spiro atoms. The van der Waals surface area contributed by atoms with Gasteiger partial charge in [-0.05, 0) is 66.4 Å². The van der Waals surface area contributed by atoms with E-state index in [1.54, 1.807) is 29.3 Å². The van der Waals surface area contributed by atoms with Crippen LogP contribution >= 0.6 is 0 Å². The molecule has 2 fully saturated rings. The van der Waals surface area contributed by atoms with Crippen LogP contribution in [0.4, 0.5) is 10.6 Å². The van der Waals surface area contributed by atoms with E-state index in [1.807, 2.05) is 61.7 Å². The molecule has 9 rings (SSSR count). The van der Waals surface area contributed by atoms with Crippen molar-refractivity contribution in [2.45, 2.75) is 33.2 Å². The fourth-order valence-corrected chi connectivity index (χ4v) is 7.63. The van der Waals surface area contributed by atoms with Gasteiger partial charge in [0.25, 0.3) is 0 Å². The van der Waals surface area contributed by atoms with Crippen molar-refractivity contribution >= 4 is 34.1 Å². The molecule has 0 saturated carbocycles. The Bertz CT molecular complexity index is 2630. The molecule has 2 saturated heterocycles. The second-order valence-electron chi connectivity index (χ2n) is 14.9. The highest BCUT2D eigenvalue weighted by molar-refractivity contribution is 6.05. The summed E-state index contributed by atoms with van der Waals surface area (Å²) in [5, 5.41) is 30.6. The van der Waals surface area contributed by atoms with Crippen molar-refractivity contribution in [1.29, 1.82) is 0 Å². The van der Waals surface area contributed by atoms with Crippen LogP contribution in [-0.4, -0.2) is 108 Å². The first kappa shape index (κ1) is 37.0. The lowest BCUT2D eigenvalue weighted by atomic mass is 9.98. The predicted molar refractivity (Wildman–Crippen MR) is 217 cm³/mol. The van der Waals surface area contributed by atoms with Crippen LogP contribution in [-0.2, 0) is 11.3 Å². The first-order valence-corrected chi connectivity index (χ1v) is 19.4. The Balaban J connectivity index is 0.853. The third kappa shape index (κ3) is 7.14. The number of hydrogen-bond acceptors (Lipinski definition) is 13. The summed E-state index contributed by atoms with van der Waals surface area (Å²) in [5.74, 6) is 2.80. The number of phenolic OH excluding ortho intramolecular Hbond substituents is 2. The number of carbonyl (C=O) groups is 1. The number of aryl methyl sites for hydroxylation is 1. The molecule has 4 aromatic heterocycles. The number of carbonyl (C=O) groups excluding carboxylic acids is 1. The number of morpholine rings is 1. The Morgan fingerprint density at radius 1 is 0.879 bits per heavy atom. The summed E-state index contributed by atoms with van der Waals surface area (Å²) in [6.45, 7) is 11.5. The maximum atomic E-state index is 13.4. The predicted octanol–water partition coefficient (Wildman–Crippen LogP) is 6.68. The van der Waals surface area contributed by atoms with Crippen LogP contribution in [0.1, 0.15) is 36.7 Å². The van der Waals surface area contributed by atoms with E-state index in [4.69, 9.17) is 23.9 Å². The van der Waals surface area contributed by atoms with Crippen LogP contribution in [0.15, 0.2) is 83.4 Å². The zero-order valence-electron chi connectivity index (χ0n) is 32.5.